The predicted molar refractivity (Wildman–Crippen MR) is 84.8 cm³/mol. The summed E-state index contributed by atoms with van der Waals surface area (Å²) in [7, 11) is 3.87. The molecule has 110 valence electrons. The van der Waals surface area contributed by atoms with Crippen molar-refractivity contribution in [3.05, 3.63) is 66.2 Å². The van der Waals surface area contributed by atoms with Gasteiger partial charge in [-0.05, 0) is 33.2 Å². The van der Waals surface area contributed by atoms with Crippen LogP contribution in [0.5, 0.6) is 5.75 Å². The van der Waals surface area contributed by atoms with Gasteiger partial charge in [0.2, 0.25) is 5.78 Å². The van der Waals surface area contributed by atoms with Crippen LogP contribution in [0.25, 0.3) is 0 Å². The SMILES string of the molecule is CN(C)C[C@@](C)(Oc1ccccc1)C(=O)c1ccccc1. The van der Waals surface area contributed by atoms with Crippen LogP contribution < -0.4 is 4.74 Å². The second-order valence-electron chi connectivity index (χ2n) is 5.58. The number of ether oxygens (including phenoxy) is 1. The van der Waals surface area contributed by atoms with Gasteiger partial charge in [-0.1, -0.05) is 48.5 Å². The number of ketones is 1. The molecule has 0 aromatic heterocycles. The molecule has 21 heavy (non-hydrogen) atoms. The van der Waals surface area contributed by atoms with Crippen molar-refractivity contribution >= 4 is 5.78 Å². The first-order chi connectivity index (χ1) is 10.0. The van der Waals surface area contributed by atoms with Gasteiger partial charge >= 0.3 is 0 Å². The molecule has 0 aliphatic rings. The molecular formula is C18H21NO2. The van der Waals surface area contributed by atoms with E-state index in [1.165, 1.54) is 0 Å². The lowest BCUT2D eigenvalue weighted by Crippen LogP contribution is -2.49. The maximum Gasteiger partial charge on any atom is 0.207 e. The van der Waals surface area contributed by atoms with Crippen molar-refractivity contribution in [2.45, 2.75) is 12.5 Å². The first kappa shape index (κ1) is 15.3. The number of nitrogens with zero attached hydrogens (tertiary/aromatic N) is 1. The summed E-state index contributed by atoms with van der Waals surface area (Å²) in [6.07, 6.45) is 0. The molecular weight excluding hydrogens is 262 g/mol. The summed E-state index contributed by atoms with van der Waals surface area (Å²) >= 11 is 0. The van der Waals surface area contributed by atoms with Crippen molar-refractivity contribution in [2.24, 2.45) is 0 Å². The van der Waals surface area contributed by atoms with E-state index in [9.17, 15) is 4.79 Å². The number of likely N-dealkylation sites (N-methyl/N-ethyl adjacent to an activating group) is 1. The predicted octanol–water partition coefficient (Wildman–Crippen LogP) is 3.27. The second-order valence-corrected chi connectivity index (χ2v) is 5.58. The Morgan fingerprint density at radius 3 is 2.05 bits per heavy atom. The van der Waals surface area contributed by atoms with E-state index in [0.29, 0.717) is 17.9 Å². The van der Waals surface area contributed by atoms with Gasteiger partial charge in [-0.25, -0.2) is 0 Å². The van der Waals surface area contributed by atoms with E-state index in [4.69, 9.17) is 4.74 Å². The van der Waals surface area contributed by atoms with Crippen molar-refractivity contribution in [1.82, 2.24) is 4.90 Å². The molecule has 0 heterocycles. The Morgan fingerprint density at radius 2 is 1.52 bits per heavy atom. The van der Waals surface area contributed by atoms with E-state index in [0.717, 1.165) is 0 Å². The third kappa shape index (κ3) is 3.92. The molecule has 0 saturated carbocycles. The first-order valence-corrected chi connectivity index (χ1v) is 7.00. The van der Waals surface area contributed by atoms with Crippen LogP contribution in [0.4, 0.5) is 0 Å². The Bertz CT molecular complexity index is 581. The molecule has 0 amide bonds. The first-order valence-electron chi connectivity index (χ1n) is 7.00. The number of hydrogen-bond acceptors (Lipinski definition) is 3. The Balaban J connectivity index is 2.30. The monoisotopic (exact) mass is 283 g/mol. The molecule has 2 rings (SSSR count). The molecule has 0 aliphatic carbocycles. The molecule has 0 fully saturated rings. The molecule has 0 aliphatic heterocycles. The minimum absolute atomic E-state index is 0.0133. The lowest BCUT2D eigenvalue weighted by atomic mass is 9.94. The van der Waals surface area contributed by atoms with Gasteiger partial charge in [-0.2, -0.15) is 0 Å². The minimum Gasteiger partial charge on any atom is -0.478 e. The van der Waals surface area contributed by atoms with Gasteiger partial charge in [0.25, 0.3) is 0 Å². The highest BCUT2D eigenvalue weighted by Crippen LogP contribution is 2.23. The van der Waals surface area contributed by atoms with E-state index in [-0.39, 0.29) is 5.78 Å². The summed E-state index contributed by atoms with van der Waals surface area (Å²) in [5, 5.41) is 0. The average molecular weight is 283 g/mol. The van der Waals surface area contributed by atoms with Gasteiger partial charge < -0.3 is 9.64 Å². The zero-order valence-corrected chi connectivity index (χ0v) is 12.7. The molecule has 0 spiro atoms. The normalized spacial score (nSPS) is 13.7. The fourth-order valence-corrected chi connectivity index (χ4v) is 2.40. The van der Waals surface area contributed by atoms with Crippen molar-refractivity contribution in [2.75, 3.05) is 20.6 Å². The molecule has 0 radical (unpaired) electrons. The topological polar surface area (TPSA) is 29.5 Å². The highest BCUT2D eigenvalue weighted by molar-refractivity contribution is 6.02. The maximum atomic E-state index is 12.9. The summed E-state index contributed by atoms with van der Waals surface area (Å²) in [6, 6.07) is 18.7. The van der Waals surface area contributed by atoms with Crippen molar-refractivity contribution in [3.8, 4) is 5.75 Å². The van der Waals surface area contributed by atoms with Crippen LogP contribution in [0, 0.1) is 0 Å². The van der Waals surface area contributed by atoms with Crippen LogP contribution in [-0.2, 0) is 0 Å². The quantitative estimate of drug-likeness (QED) is 0.762. The number of Topliss-reactive ketones (excluding diaryl/α,β-unsaturated/α-hetero) is 1. The molecule has 0 saturated heterocycles. The number of para-hydroxylation sites is 1. The van der Waals surface area contributed by atoms with Crippen LogP contribution in [-0.4, -0.2) is 36.9 Å². The summed E-state index contributed by atoms with van der Waals surface area (Å²) in [6.45, 7) is 2.35. The van der Waals surface area contributed by atoms with Gasteiger partial charge in [0.05, 0.1) is 0 Å². The van der Waals surface area contributed by atoms with Crippen molar-refractivity contribution in [1.29, 1.82) is 0 Å². The van der Waals surface area contributed by atoms with Crippen LogP contribution in [0.3, 0.4) is 0 Å². The highest BCUT2D eigenvalue weighted by Gasteiger charge is 2.36. The van der Waals surface area contributed by atoms with E-state index in [1.54, 1.807) is 0 Å². The number of benzene rings is 2. The molecule has 0 unspecified atom stereocenters. The van der Waals surface area contributed by atoms with Gasteiger partial charge in [-0.3, -0.25) is 4.79 Å². The number of carbonyl (C=O) groups excluding carboxylic acids is 1. The molecule has 0 N–H and O–H groups in total. The van der Waals surface area contributed by atoms with E-state index < -0.39 is 5.60 Å². The van der Waals surface area contributed by atoms with Crippen LogP contribution >= 0.6 is 0 Å². The molecule has 3 heteroatoms. The summed E-state index contributed by atoms with van der Waals surface area (Å²) in [5.41, 5.74) is -0.260. The number of carbonyl (C=O) groups is 1. The minimum atomic E-state index is -0.924. The van der Waals surface area contributed by atoms with Crippen molar-refractivity contribution in [3.63, 3.8) is 0 Å². The van der Waals surface area contributed by atoms with E-state index in [1.807, 2.05) is 86.6 Å². The van der Waals surface area contributed by atoms with Crippen LogP contribution in [0.2, 0.25) is 0 Å². The Hall–Kier alpha value is -2.13. The third-order valence-electron chi connectivity index (χ3n) is 3.22. The zero-order valence-electron chi connectivity index (χ0n) is 12.7. The summed E-state index contributed by atoms with van der Waals surface area (Å²) in [4.78, 5) is 14.8. The average Bonchev–Trinajstić information content (AvgIpc) is 2.47. The largest absolute Gasteiger partial charge is 0.478 e. The molecule has 3 nitrogen and oxygen atoms in total. The standard InChI is InChI=1S/C18H21NO2/c1-18(14-19(2)3,21-16-12-8-5-9-13-16)17(20)15-10-6-4-7-11-15/h4-13H,14H2,1-3H3/t18-/m1/s1. The van der Waals surface area contributed by atoms with Crippen LogP contribution in [0.15, 0.2) is 60.7 Å². The summed E-state index contributed by atoms with van der Waals surface area (Å²) < 4.78 is 6.04. The van der Waals surface area contributed by atoms with Gasteiger partial charge in [0, 0.05) is 12.1 Å². The Labute approximate surface area is 126 Å². The lowest BCUT2D eigenvalue weighted by molar-refractivity contribution is 0.0412. The Morgan fingerprint density at radius 1 is 1.00 bits per heavy atom. The third-order valence-corrected chi connectivity index (χ3v) is 3.22. The van der Waals surface area contributed by atoms with Gasteiger partial charge in [-0.15, -0.1) is 0 Å². The maximum absolute atomic E-state index is 12.9. The molecule has 2 aromatic rings. The molecule has 2 aromatic carbocycles. The fourth-order valence-electron chi connectivity index (χ4n) is 2.40. The van der Waals surface area contributed by atoms with E-state index in [2.05, 4.69) is 0 Å². The number of hydrogen-bond donors (Lipinski definition) is 0. The fraction of sp³-hybridized carbons (Fsp3) is 0.278. The zero-order chi connectivity index (χ0) is 15.3. The van der Waals surface area contributed by atoms with E-state index >= 15 is 0 Å². The molecule has 0 bridgehead atoms. The lowest BCUT2D eigenvalue weighted by Gasteiger charge is -2.32. The van der Waals surface area contributed by atoms with Gasteiger partial charge in [0.1, 0.15) is 5.75 Å². The molecule has 1 atom stereocenters. The Kier molecular flexibility index (Phi) is 4.76. The smallest absolute Gasteiger partial charge is 0.207 e. The van der Waals surface area contributed by atoms with Gasteiger partial charge in [0.15, 0.2) is 5.60 Å². The second kappa shape index (κ2) is 6.55. The van der Waals surface area contributed by atoms with Crippen LogP contribution in [0.1, 0.15) is 17.3 Å². The summed E-state index contributed by atoms with van der Waals surface area (Å²) in [5.74, 6) is 0.687. The van der Waals surface area contributed by atoms with Crippen molar-refractivity contribution < 1.29 is 9.53 Å². The number of rotatable bonds is 6. The highest BCUT2D eigenvalue weighted by atomic mass is 16.5.